The first-order chi connectivity index (χ1) is 12.2. The lowest BCUT2D eigenvalue weighted by Gasteiger charge is -2.57. The Bertz CT molecular complexity index is 873. The highest BCUT2D eigenvalue weighted by Crippen LogP contribution is 2.53. The van der Waals surface area contributed by atoms with Crippen LogP contribution in [0.1, 0.15) is 17.7 Å². The van der Waals surface area contributed by atoms with Crippen molar-refractivity contribution < 1.29 is 14.6 Å². The molecule has 1 unspecified atom stereocenters. The van der Waals surface area contributed by atoms with E-state index in [-0.39, 0.29) is 30.3 Å². The van der Waals surface area contributed by atoms with E-state index in [4.69, 9.17) is 4.74 Å². The van der Waals surface area contributed by atoms with Crippen molar-refractivity contribution >= 4 is 16.8 Å². The zero-order valence-corrected chi connectivity index (χ0v) is 14.1. The molecule has 2 saturated heterocycles. The number of fused-ring (bicyclic) bond motifs is 4. The minimum absolute atomic E-state index is 0.00889. The number of amides is 1. The number of aliphatic hydroxyl groups excluding tert-OH is 1. The summed E-state index contributed by atoms with van der Waals surface area (Å²) in [5.41, 5.74) is 2.65. The van der Waals surface area contributed by atoms with E-state index in [1.165, 1.54) is 10.9 Å². The summed E-state index contributed by atoms with van der Waals surface area (Å²) in [4.78, 5) is 18.5. The molecular formula is C20H22N2O3. The van der Waals surface area contributed by atoms with E-state index in [0.717, 1.165) is 17.6 Å². The second kappa shape index (κ2) is 5.19. The Morgan fingerprint density at radius 3 is 3.08 bits per heavy atom. The predicted octanol–water partition coefficient (Wildman–Crippen LogP) is 2.17. The van der Waals surface area contributed by atoms with E-state index < -0.39 is 5.72 Å². The smallest absolute Gasteiger partial charge is 0.230 e. The van der Waals surface area contributed by atoms with Gasteiger partial charge in [0, 0.05) is 29.8 Å². The number of ether oxygens (including phenoxy) is 1. The summed E-state index contributed by atoms with van der Waals surface area (Å²) in [6.45, 7) is 4.97. The van der Waals surface area contributed by atoms with Crippen molar-refractivity contribution in [2.24, 2.45) is 17.8 Å². The van der Waals surface area contributed by atoms with Crippen LogP contribution in [0.3, 0.4) is 0 Å². The maximum absolute atomic E-state index is 13.1. The van der Waals surface area contributed by atoms with Crippen LogP contribution in [0.4, 0.5) is 0 Å². The fraction of sp³-hybridized carbons (Fsp3) is 0.450. The molecule has 5 heteroatoms. The molecule has 0 aliphatic carbocycles. The molecule has 2 bridgehead atoms. The number of rotatable bonds is 2. The van der Waals surface area contributed by atoms with Crippen LogP contribution < -0.4 is 0 Å². The lowest BCUT2D eigenvalue weighted by atomic mass is 9.69. The monoisotopic (exact) mass is 338 g/mol. The van der Waals surface area contributed by atoms with Gasteiger partial charge in [-0.3, -0.25) is 4.79 Å². The summed E-state index contributed by atoms with van der Waals surface area (Å²) in [7, 11) is 0. The van der Waals surface area contributed by atoms with E-state index in [2.05, 4.69) is 23.7 Å². The van der Waals surface area contributed by atoms with Gasteiger partial charge in [0.1, 0.15) is 0 Å². The highest BCUT2D eigenvalue weighted by atomic mass is 16.5. The van der Waals surface area contributed by atoms with Crippen LogP contribution in [0.15, 0.2) is 36.9 Å². The molecule has 130 valence electrons. The molecule has 4 heterocycles. The Hall–Kier alpha value is -2.11. The summed E-state index contributed by atoms with van der Waals surface area (Å²) in [6, 6.07) is 8.27. The van der Waals surface area contributed by atoms with Gasteiger partial charge < -0.3 is 19.7 Å². The number of piperidine rings is 1. The summed E-state index contributed by atoms with van der Waals surface area (Å²) < 4.78 is 6.38. The number of aromatic amines is 1. The number of hydrogen-bond donors (Lipinski definition) is 2. The van der Waals surface area contributed by atoms with Gasteiger partial charge in [-0.25, -0.2) is 0 Å². The molecule has 3 aliphatic rings. The molecule has 0 radical (unpaired) electrons. The largest absolute Gasteiger partial charge is 0.396 e. The first-order valence-corrected chi connectivity index (χ1v) is 8.98. The minimum atomic E-state index is -0.723. The average molecular weight is 338 g/mol. The standard InChI is InChI=1S/C20H22N2O3/c1-2-12-11-25-20-9-15(12)16(10-23)19(24)22(20)8-7-14-13-5-3-4-6-17(13)21-18(14)20/h2-6,12,15-16,21,23H,1,7-11H2/t12?,15-,16-,20+/m0/s1. The first-order valence-electron chi connectivity index (χ1n) is 8.98. The number of carbonyl (C=O) groups excluding carboxylic acids is 1. The molecule has 2 fully saturated rings. The molecule has 1 aromatic heterocycles. The maximum Gasteiger partial charge on any atom is 0.230 e. The fourth-order valence-electron chi connectivity index (χ4n) is 5.15. The zero-order chi connectivity index (χ0) is 17.2. The van der Waals surface area contributed by atoms with Gasteiger partial charge in [0.25, 0.3) is 0 Å². The second-order valence-electron chi connectivity index (χ2n) is 7.42. The second-order valence-corrected chi connectivity index (χ2v) is 7.42. The van der Waals surface area contributed by atoms with E-state index in [9.17, 15) is 9.90 Å². The highest BCUT2D eigenvalue weighted by molar-refractivity contribution is 5.87. The summed E-state index contributed by atoms with van der Waals surface area (Å²) >= 11 is 0. The van der Waals surface area contributed by atoms with Crippen molar-refractivity contribution in [3.63, 3.8) is 0 Å². The Kier molecular flexibility index (Phi) is 3.15. The number of nitrogens with zero attached hydrogens (tertiary/aromatic N) is 1. The Morgan fingerprint density at radius 2 is 2.28 bits per heavy atom. The van der Waals surface area contributed by atoms with Gasteiger partial charge in [-0.2, -0.15) is 0 Å². The molecule has 1 spiro atoms. The predicted molar refractivity (Wildman–Crippen MR) is 93.7 cm³/mol. The molecule has 5 rings (SSSR count). The summed E-state index contributed by atoms with van der Waals surface area (Å²) in [6.07, 6.45) is 3.39. The number of hydrogen-bond acceptors (Lipinski definition) is 3. The summed E-state index contributed by atoms with van der Waals surface area (Å²) in [5.74, 6) is -0.179. The van der Waals surface area contributed by atoms with Crippen molar-refractivity contribution in [3.05, 3.63) is 48.2 Å². The van der Waals surface area contributed by atoms with Crippen LogP contribution in [0.5, 0.6) is 0 Å². The molecule has 2 aromatic rings. The van der Waals surface area contributed by atoms with Crippen LogP contribution in [0, 0.1) is 17.8 Å². The van der Waals surface area contributed by atoms with Crippen LogP contribution in [0.2, 0.25) is 0 Å². The summed E-state index contributed by atoms with van der Waals surface area (Å²) in [5, 5.41) is 11.1. The van der Waals surface area contributed by atoms with Crippen LogP contribution in [0.25, 0.3) is 10.9 Å². The third-order valence-electron chi connectivity index (χ3n) is 6.40. The van der Waals surface area contributed by atoms with Crippen LogP contribution >= 0.6 is 0 Å². The molecule has 5 nitrogen and oxygen atoms in total. The highest BCUT2D eigenvalue weighted by Gasteiger charge is 2.59. The lowest BCUT2D eigenvalue weighted by Crippen LogP contribution is -2.66. The molecule has 2 N–H and O–H groups in total. The number of nitrogens with one attached hydrogen (secondary N) is 1. The molecule has 4 atom stereocenters. The van der Waals surface area contributed by atoms with Crippen LogP contribution in [-0.2, 0) is 21.7 Å². The average Bonchev–Trinajstić information content (AvgIpc) is 3.02. The minimum Gasteiger partial charge on any atom is -0.396 e. The number of benzene rings is 1. The van der Waals surface area contributed by atoms with E-state index in [1.807, 2.05) is 23.1 Å². The normalized spacial score (nSPS) is 33.9. The van der Waals surface area contributed by atoms with E-state index in [0.29, 0.717) is 19.6 Å². The van der Waals surface area contributed by atoms with Gasteiger partial charge in [0.05, 0.1) is 24.8 Å². The van der Waals surface area contributed by atoms with E-state index >= 15 is 0 Å². The molecule has 25 heavy (non-hydrogen) atoms. The lowest BCUT2D eigenvalue weighted by molar-refractivity contribution is -0.248. The molecule has 3 aliphatic heterocycles. The van der Waals surface area contributed by atoms with Crippen molar-refractivity contribution in [1.29, 1.82) is 0 Å². The van der Waals surface area contributed by atoms with Gasteiger partial charge in [-0.15, -0.1) is 6.58 Å². The van der Waals surface area contributed by atoms with Gasteiger partial charge in [-0.05, 0) is 24.0 Å². The van der Waals surface area contributed by atoms with Gasteiger partial charge in [-0.1, -0.05) is 24.3 Å². The van der Waals surface area contributed by atoms with Gasteiger partial charge >= 0.3 is 0 Å². The van der Waals surface area contributed by atoms with Crippen LogP contribution in [-0.4, -0.2) is 40.7 Å². The maximum atomic E-state index is 13.1. The number of aliphatic hydroxyl groups is 1. The van der Waals surface area contributed by atoms with Crippen molar-refractivity contribution in [2.45, 2.75) is 18.6 Å². The van der Waals surface area contributed by atoms with Gasteiger partial charge in [0.15, 0.2) is 5.72 Å². The zero-order valence-electron chi connectivity index (χ0n) is 14.1. The SMILES string of the molecule is C=CC1CO[C@@]23C[C@@H]1[C@H](CO)C(=O)N2CCc1c3[nH]c2ccccc12. The Morgan fingerprint density at radius 1 is 1.44 bits per heavy atom. The van der Waals surface area contributed by atoms with Crippen molar-refractivity contribution in [2.75, 3.05) is 19.8 Å². The van der Waals surface area contributed by atoms with Crippen molar-refractivity contribution in [1.82, 2.24) is 9.88 Å². The quantitative estimate of drug-likeness (QED) is 0.825. The molecule has 1 aromatic carbocycles. The molecular weight excluding hydrogens is 316 g/mol. The van der Waals surface area contributed by atoms with Crippen molar-refractivity contribution in [3.8, 4) is 0 Å². The van der Waals surface area contributed by atoms with Gasteiger partial charge in [0.2, 0.25) is 5.91 Å². The number of carbonyl (C=O) groups is 1. The number of H-pyrrole nitrogens is 1. The number of aromatic nitrogens is 1. The first kappa shape index (κ1) is 15.2. The number of para-hydroxylation sites is 1. The third-order valence-corrected chi connectivity index (χ3v) is 6.40. The van der Waals surface area contributed by atoms with E-state index in [1.54, 1.807) is 0 Å². The topological polar surface area (TPSA) is 65.6 Å². The molecule has 0 saturated carbocycles. The Labute approximate surface area is 146 Å². The fourth-order valence-corrected chi connectivity index (χ4v) is 5.15. The molecule has 1 amide bonds. The Balaban J connectivity index is 1.70. The third kappa shape index (κ3) is 1.82.